The second-order valence-electron chi connectivity index (χ2n) is 5.30. The van der Waals surface area contributed by atoms with Crippen molar-refractivity contribution in [1.29, 1.82) is 0 Å². The second-order valence-corrected chi connectivity index (χ2v) is 7.06. The third-order valence-corrected chi connectivity index (χ3v) is 4.97. The van der Waals surface area contributed by atoms with Gasteiger partial charge in [0.25, 0.3) is 0 Å². The van der Waals surface area contributed by atoms with Crippen LogP contribution in [0.2, 0.25) is 0 Å². The zero-order valence-electron chi connectivity index (χ0n) is 13.6. The van der Waals surface area contributed by atoms with Crippen LogP contribution < -0.4 is 10.1 Å². The minimum Gasteiger partial charge on any atom is -0.496 e. The van der Waals surface area contributed by atoms with Gasteiger partial charge in [-0.3, -0.25) is 14.3 Å². The van der Waals surface area contributed by atoms with E-state index in [-0.39, 0.29) is 17.5 Å². The van der Waals surface area contributed by atoms with Crippen LogP contribution in [0.3, 0.4) is 0 Å². The Morgan fingerprint density at radius 3 is 2.74 bits per heavy atom. The molecule has 0 unspecified atom stereocenters. The third-order valence-electron chi connectivity index (χ3n) is 3.37. The Hall–Kier alpha value is -2.15. The lowest BCUT2D eigenvalue weighted by Crippen LogP contribution is -2.29. The molecular formula is C16H20N2O4S. The summed E-state index contributed by atoms with van der Waals surface area (Å²) in [5.74, 6) is 0.799. The minimum absolute atomic E-state index is 0.245. The van der Waals surface area contributed by atoms with Crippen LogP contribution in [0.4, 0.5) is 5.88 Å². The standard InChI is InChI=1S/C16H20N2O4S/c1-10-5-6-14(21-4)13(7-10)9-23(20)12(3)16(19)17-15-8-11(2)18-22-15/h5-8,12H,9H2,1-4H3,(H,17,19)/t12-,23+/m1/s1. The molecule has 124 valence electrons. The molecule has 7 heteroatoms. The van der Waals surface area contributed by atoms with Gasteiger partial charge in [-0.25, -0.2) is 0 Å². The Morgan fingerprint density at radius 2 is 2.13 bits per heavy atom. The second kappa shape index (κ2) is 7.41. The highest BCUT2D eigenvalue weighted by Gasteiger charge is 2.22. The Kier molecular flexibility index (Phi) is 5.54. The summed E-state index contributed by atoms with van der Waals surface area (Å²) in [6, 6.07) is 7.29. The number of methoxy groups -OCH3 is 1. The molecule has 0 aliphatic carbocycles. The van der Waals surface area contributed by atoms with Gasteiger partial charge in [0.05, 0.1) is 18.6 Å². The summed E-state index contributed by atoms with van der Waals surface area (Å²) in [5, 5.41) is 5.58. The summed E-state index contributed by atoms with van der Waals surface area (Å²) in [6.07, 6.45) is 0. The summed E-state index contributed by atoms with van der Waals surface area (Å²) >= 11 is 0. The summed E-state index contributed by atoms with van der Waals surface area (Å²) in [6.45, 7) is 5.33. The number of aromatic nitrogens is 1. The van der Waals surface area contributed by atoms with Gasteiger partial charge in [0.15, 0.2) is 0 Å². The predicted molar refractivity (Wildman–Crippen MR) is 88.9 cm³/mol. The maximum atomic E-state index is 12.5. The maximum absolute atomic E-state index is 12.5. The van der Waals surface area contributed by atoms with Crippen molar-refractivity contribution in [2.75, 3.05) is 12.4 Å². The number of anilines is 1. The lowest BCUT2D eigenvalue weighted by molar-refractivity contribution is -0.115. The van der Waals surface area contributed by atoms with Crippen molar-refractivity contribution in [1.82, 2.24) is 5.16 Å². The number of carbonyl (C=O) groups is 1. The molecule has 23 heavy (non-hydrogen) atoms. The van der Waals surface area contributed by atoms with Gasteiger partial charge in [0.1, 0.15) is 11.0 Å². The van der Waals surface area contributed by atoms with E-state index in [0.29, 0.717) is 11.4 Å². The van der Waals surface area contributed by atoms with Crippen molar-refractivity contribution in [2.45, 2.75) is 31.8 Å². The molecule has 1 heterocycles. The molecule has 1 N–H and O–H groups in total. The minimum atomic E-state index is -1.39. The van der Waals surface area contributed by atoms with Crippen LogP contribution in [0.25, 0.3) is 0 Å². The molecule has 1 amide bonds. The van der Waals surface area contributed by atoms with E-state index < -0.39 is 16.0 Å². The van der Waals surface area contributed by atoms with Crippen molar-refractivity contribution < 1.29 is 18.3 Å². The Labute approximate surface area is 137 Å². The molecular weight excluding hydrogens is 316 g/mol. The number of benzene rings is 1. The number of aryl methyl sites for hydroxylation is 2. The van der Waals surface area contributed by atoms with Crippen LogP contribution in [0.1, 0.15) is 23.7 Å². The number of carbonyl (C=O) groups excluding carboxylic acids is 1. The zero-order chi connectivity index (χ0) is 17.0. The number of rotatable bonds is 6. The highest BCUT2D eigenvalue weighted by atomic mass is 32.2. The van der Waals surface area contributed by atoms with Crippen LogP contribution in [0, 0.1) is 13.8 Å². The number of amides is 1. The van der Waals surface area contributed by atoms with Crippen LogP contribution in [0.5, 0.6) is 5.75 Å². The fourth-order valence-electron chi connectivity index (χ4n) is 2.06. The predicted octanol–water partition coefficient (Wildman–Crippen LogP) is 2.58. The van der Waals surface area contributed by atoms with Crippen molar-refractivity contribution >= 4 is 22.6 Å². The number of hydrogen-bond donors (Lipinski definition) is 1. The Morgan fingerprint density at radius 1 is 1.39 bits per heavy atom. The summed E-state index contributed by atoms with van der Waals surface area (Å²) in [4.78, 5) is 12.2. The molecule has 1 aromatic carbocycles. The molecule has 0 aliphatic heterocycles. The molecule has 6 nitrogen and oxygen atoms in total. The van der Waals surface area contributed by atoms with E-state index in [9.17, 15) is 9.00 Å². The fourth-order valence-corrected chi connectivity index (χ4v) is 3.14. The molecule has 0 saturated heterocycles. The molecule has 0 aliphatic rings. The Bertz CT molecular complexity index is 727. The quantitative estimate of drug-likeness (QED) is 0.877. The van der Waals surface area contributed by atoms with Crippen molar-refractivity contribution in [3.63, 3.8) is 0 Å². The average molecular weight is 336 g/mol. The highest BCUT2D eigenvalue weighted by Crippen LogP contribution is 2.22. The normalized spacial score (nSPS) is 13.4. The van der Waals surface area contributed by atoms with Crippen molar-refractivity contribution in [2.24, 2.45) is 0 Å². The number of nitrogens with zero attached hydrogens (tertiary/aromatic N) is 1. The molecule has 0 bridgehead atoms. The van der Waals surface area contributed by atoms with Gasteiger partial charge in [-0.05, 0) is 26.8 Å². The van der Waals surface area contributed by atoms with E-state index in [2.05, 4.69) is 10.5 Å². The van der Waals surface area contributed by atoms with Gasteiger partial charge in [0.2, 0.25) is 11.8 Å². The molecule has 0 fully saturated rings. The van der Waals surface area contributed by atoms with Gasteiger partial charge in [-0.15, -0.1) is 0 Å². The van der Waals surface area contributed by atoms with Gasteiger partial charge >= 0.3 is 0 Å². The first kappa shape index (κ1) is 17.2. The zero-order valence-corrected chi connectivity index (χ0v) is 14.4. The van der Waals surface area contributed by atoms with E-state index in [0.717, 1.165) is 11.1 Å². The first-order valence-electron chi connectivity index (χ1n) is 7.15. The molecule has 0 spiro atoms. The van der Waals surface area contributed by atoms with Crippen molar-refractivity contribution in [3.8, 4) is 5.75 Å². The molecule has 0 saturated carbocycles. The lowest BCUT2D eigenvalue weighted by Gasteiger charge is -2.13. The van der Waals surface area contributed by atoms with E-state index in [1.54, 1.807) is 27.0 Å². The monoisotopic (exact) mass is 336 g/mol. The van der Waals surface area contributed by atoms with E-state index in [1.807, 2.05) is 25.1 Å². The summed E-state index contributed by atoms with van der Waals surface area (Å²) in [7, 11) is 0.182. The first-order valence-corrected chi connectivity index (χ1v) is 8.53. The van der Waals surface area contributed by atoms with Crippen LogP contribution >= 0.6 is 0 Å². The van der Waals surface area contributed by atoms with E-state index in [1.165, 1.54) is 0 Å². The van der Waals surface area contributed by atoms with Crippen LogP contribution in [0.15, 0.2) is 28.8 Å². The molecule has 0 radical (unpaired) electrons. The SMILES string of the molecule is COc1ccc(C)cc1C[S@](=O)[C@H](C)C(=O)Nc1cc(C)no1. The van der Waals surface area contributed by atoms with Gasteiger partial charge in [-0.1, -0.05) is 22.9 Å². The van der Waals surface area contributed by atoms with Crippen molar-refractivity contribution in [3.05, 3.63) is 41.1 Å². The summed E-state index contributed by atoms with van der Waals surface area (Å²) < 4.78 is 22.7. The third kappa shape index (κ3) is 4.41. The molecule has 2 aromatic rings. The maximum Gasteiger partial charge on any atom is 0.242 e. The molecule has 2 rings (SSSR count). The van der Waals surface area contributed by atoms with Gasteiger partial charge in [-0.2, -0.15) is 0 Å². The van der Waals surface area contributed by atoms with Gasteiger partial charge in [0, 0.05) is 22.4 Å². The Balaban J connectivity index is 2.05. The topological polar surface area (TPSA) is 81.4 Å². The first-order chi connectivity index (χ1) is 10.9. The van der Waals surface area contributed by atoms with Gasteiger partial charge < -0.3 is 9.26 Å². The summed E-state index contributed by atoms with van der Waals surface area (Å²) in [5.41, 5.74) is 2.53. The van der Waals surface area contributed by atoms with E-state index >= 15 is 0 Å². The average Bonchev–Trinajstić information content (AvgIpc) is 2.91. The van der Waals surface area contributed by atoms with Crippen LogP contribution in [-0.4, -0.2) is 27.6 Å². The molecule has 1 aromatic heterocycles. The number of hydrogen-bond acceptors (Lipinski definition) is 5. The number of ether oxygens (including phenoxy) is 1. The number of nitrogens with one attached hydrogen (secondary N) is 1. The largest absolute Gasteiger partial charge is 0.496 e. The molecule has 2 atom stereocenters. The fraction of sp³-hybridized carbons (Fsp3) is 0.375. The van der Waals surface area contributed by atoms with E-state index in [4.69, 9.17) is 9.26 Å². The lowest BCUT2D eigenvalue weighted by atomic mass is 10.1. The highest BCUT2D eigenvalue weighted by molar-refractivity contribution is 7.85. The van der Waals surface area contributed by atoms with Crippen LogP contribution in [-0.2, 0) is 21.3 Å². The smallest absolute Gasteiger partial charge is 0.242 e.